The molecule has 0 aromatic rings. The van der Waals surface area contributed by atoms with E-state index in [0.717, 1.165) is 6.42 Å². The third-order valence-electron chi connectivity index (χ3n) is 1.94. The van der Waals surface area contributed by atoms with Crippen LogP contribution in [0.2, 0.25) is 0 Å². The Kier molecular flexibility index (Phi) is 7.09. The molecule has 1 fully saturated rings. The third-order valence-corrected chi connectivity index (χ3v) is 1.94. The van der Waals surface area contributed by atoms with Gasteiger partial charge >= 0.3 is 0 Å². The Hall–Kier alpha value is -0.160. The van der Waals surface area contributed by atoms with E-state index in [2.05, 4.69) is 6.92 Å². The summed E-state index contributed by atoms with van der Waals surface area (Å²) in [6, 6.07) is 0. The van der Waals surface area contributed by atoms with E-state index in [-0.39, 0.29) is 6.29 Å². The predicted octanol–water partition coefficient (Wildman–Crippen LogP) is 1.65. The summed E-state index contributed by atoms with van der Waals surface area (Å²) in [6.45, 7) is 4.78. The van der Waals surface area contributed by atoms with Gasteiger partial charge in [-0.05, 0) is 26.7 Å². The molecule has 1 aliphatic rings. The molecule has 0 amide bonds. The average molecular weight is 220 g/mol. The van der Waals surface area contributed by atoms with Crippen molar-refractivity contribution in [1.29, 1.82) is 0 Å². The molecular weight excluding hydrogens is 196 g/mol. The zero-order chi connectivity index (χ0) is 11.9. The molecule has 92 valence electrons. The Balaban J connectivity index is 0.000000336. The fourth-order valence-electron chi connectivity index (χ4n) is 1.38. The first-order valence-electron chi connectivity index (χ1n) is 5.49. The van der Waals surface area contributed by atoms with Crippen LogP contribution in [-0.2, 0) is 9.47 Å². The number of ether oxygens (including phenoxy) is 2. The molecule has 1 saturated heterocycles. The van der Waals surface area contributed by atoms with E-state index in [1.807, 2.05) is 0 Å². The molecule has 0 aromatic heterocycles. The van der Waals surface area contributed by atoms with Crippen LogP contribution in [0.5, 0.6) is 0 Å². The van der Waals surface area contributed by atoms with Gasteiger partial charge in [-0.3, -0.25) is 0 Å². The zero-order valence-corrected chi connectivity index (χ0v) is 10.2. The van der Waals surface area contributed by atoms with Crippen LogP contribution in [0.4, 0.5) is 0 Å². The second-order valence-electron chi connectivity index (χ2n) is 4.28. The summed E-state index contributed by atoms with van der Waals surface area (Å²) < 4.78 is 10.6. The summed E-state index contributed by atoms with van der Waals surface area (Å²) in [4.78, 5) is 0. The maximum absolute atomic E-state index is 8.08. The largest absolute Gasteiger partial charge is 0.366 e. The van der Waals surface area contributed by atoms with E-state index in [4.69, 9.17) is 19.7 Å². The molecule has 2 unspecified atom stereocenters. The van der Waals surface area contributed by atoms with Gasteiger partial charge < -0.3 is 19.7 Å². The molecule has 1 heterocycles. The summed E-state index contributed by atoms with van der Waals surface area (Å²) in [7, 11) is 1.71. The van der Waals surface area contributed by atoms with Crippen LogP contribution in [0.3, 0.4) is 0 Å². The van der Waals surface area contributed by atoms with Crippen LogP contribution in [0.1, 0.15) is 46.5 Å². The minimum Gasteiger partial charge on any atom is -0.366 e. The monoisotopic (exact) mass is 220 g/mol. The van der Waals surface area contributed by atoms with Gasteiger partial charge in [0.1, 0.15) is 0 Å². The molecule has 2 atom stereocenters. The van der Waals surface area contributed by atoms with E-state index < -0.39 is 5.79 Å². The van der Waals surface area contributed by atoms with E-state index in [1.54, 1.807) is 7.11 Å². The van der Waals surface area contributed by atoms with Crippen LogP contribution in [0, 0.1) is 0 Å². The van der Waals surface area contributed by atoms with Crippen molar-refractivity contribution in [2.24, 2.45) is 0 Å². The van der Waals surface area contributed by atoms with Gasteiger partial charge in [0, 0.05) is 13.5 Å². The fourth-order valence-corrected chi connectivity index (χ4v) is 1.38. The van der Waals surface area contributed by atoms with Gasteiger partial charge in [-0.2, -0.15) is 0 Å². The number of hydrogen-bond acceptors (Lipinski definition) is 4. The van der Waals surface area contributed by atoms with Gasteiger partial charge in [0.15, 0.2) is 12.1 Å². The predicted molar refractivity (Wildman–Crippen MR) is 58.3 cm³/mol. The smallest absolute Gasteiger partial charge is 0.157 e. The average Bonchev–Trinajstić information content (AvgIpc) is 2.50. The van der Waals surface area contributed by atoms with Crippen molar-refractivity contribution in [3.05, 3.63) is 0 Å². The van der Waals surface area contributed by atoms with Crippen LogP contribution in [0.25, 0.3) is 0 Å². The molecule has 1 rings (SSSR count). The van der Waals surface area contributed by atoms with Gasteiger partial charge in [-0.1, -0.05) is 13.3 Å². The van der Waals surface area contributed by atoms with Crippen LogP contribution in [0.15, 0.2) is 0 Å². The lowest BCUT2D eigenvalue weighted by Gasteiger charge is -2.10. The van der Waals surface area contributed by atoms with Gasteiger partial charge in [-0.15, -0.1) is 0 Å². The lowest BCUT2D eigenvalue weighted by Crippen LogP contribution is -2.15. The van der Waals surface area contributed by atoms with E-state index >= 15 is 0 Å². The SMILES string of the molecule is CC(C)(O)O.CCCC1CCC(OC)O1. The highest BCUT2D eigenvalue weighted by Crippen LogP contribution is 2.22. The maximum Gasteiger partial charge on any atom is 0.157 e. The molecule has 15 heavy (non-hydrogen) atoms. The first-order valence-corrected chi connectivity index (χ1v) is 5.49. The Morgan fingerprint density at radius 1 is 1.33 bits per heavy atom. The normalized spacial score (nSPS) is 26.0. The minimum absolute atomic E-state index is 0.0801. The molecule has 2 N–H and O–H groups in total. The first-order chi connectivity index (χ1) is 6.86. The zero-order valence-electron chi connectivity index (χ0n) is 10.2. The summed E-state index contributed by atoms with van der Waals surface area (Å²) in [5, 5.41) is 16.2. The van der Waals surface area contributed by atoms with Gasteiger partial charge in [0.05, 0.1) is 6.10 Å². The summed E-state index contributed by atoms with van der Waals surface area (Å²) in [5.41, 5.74) is 0. The quantitative estimate of drug-likeness (QED) is 0.710. The molecule has 0 saturated carbocycles. The Labute approximate surface area is 92.2 Å². The second kappa shape index (κ2) is 7.17. The van der Waals surface area contributed by atoms with Gasteiger partial charge in [0.25, 0.3) is 0 Å². The second-order valence-corrected chi connectivity index (χ2v) is 4.28. The van der Waals surface area contributed by atoms with Crippen molar-refractivity contribution in [1.82, 2.24) is 0 Å². The highest BCUT2D eigenvalue weighted by molar-refractivity contribution is 4.66. The van der Waals surface area contributed by atoms with Crippen LogP contribution >= 0.6 is 0 Å². The lowest BCUT2D eigenvalue weighted by atomic mass is 10.1. The molecule has 4 heteroatoms. The van der Waals surface area contributed by atoms with Crippen molar-refractivity contribution < 1.29 is 19.7 Å². The van der Waals surface area contributed by atoms with Gasteiger partial charge in [0.2, 0.25) is 0 Å². The molecular formula is C11H24O4. The summed E-state index contributed by atoms with van der Waals surface area (Å²) in [6.07, 6.45) is 5.18. The van der Waals surface area contributed by atoms with Crippen molar-refractivity contribution in [3.8, 4) is 0 Å². The Bertz CT molecular complexity index is 147. The maximum atomic E-state index is 8.08. The van der Waals surface area contributed by atoms with E-state index in [1.165, 1.54) is 33.1 Å². The number of hydrogen-bond donors (Lipinski definition) is 2. The van der Waals surface area contributed by atoms with Gasteiger partial charge in [-0.25, -0.2) is 0 Å². The lowest BCUT2D eigenvalue weighted by molar-refractivity contribution is -0.127. The number of aliphatic hydroxyl groups is 2. The van der Waals surface area contributed by atoms with E-state index in [9.17, 15) is 0 Å². The highest BCUT2D eigenvalue weighted by Gasteiger charge is 2.23. The topological polar surface area (TPSA) is 58.9 Å². The Morgan fingerprint density at radius 3 is 2.20 bits per heavy atom. The van der Waals surface area contributed by atoms with Crippen molar-refractivity contribution in [2.75, 3.05) is 7.11 Å². The summed E-state index contributed by atoms with van der Waals surface area (Å²) in [5.74, 6) is -1.50. The Morgan fingerprint density at radius 2 is 1.87 bits per heavy atom. The number of rotatable bonds is 3. The molecule has 0 bridgehead atoms. The molecule has 1 aliphatic heterocycles. The van der Waals surface area contributed by atoms with Crippen molar-refractivity contribution >= 4 is 0 Å². The number of methoxy groups -OCH3 is 1. The van der Waals surface area contributed by atoms with E-state index in [0.29, 0.717) is 6.10 Å². The van der Waals surface area contributed by atoms with Crippen LogP contribution in [-0.4, -0.2) is 35.5 Å². The van der Waals surface area contributed by atoms with Crippen LogP contribution < -0.4 is 0 Å². The molecule has 0 radical (unpaired) electrons. The molecule has 0 spiro atoms. The van der Waals surface area contributed by atoms with Crippen molar-refractivity contribution in [2.45, 2.75) is 64.6 Å². The van der Waals surface area contributed by atoms with Crippen molar-refractivity contribution in [3.63, 3.8) is 0 Å². The minimum atomic E-state index is -1.50. The molecule has 0 aliphatic carbocycles. The first kappa shape index (κ1) is 14.8. The fraction of sp³-hybridized carbons (Fsp3) is 1.00. The molecule has 4 nitrogen and oxygen atoms in total. The summed E-state index contributed by atoms with van der Waals surface area (Å²) >= 11 is 0. The highest BCUT2D eigenvalue weighted by atomic mass is 16.7. The molecule has 0 aromatic carbocycles. The third kappa shape index (κ3) is 10.1. The standard InChI is InChI=1S/C8H16O2.C3H8O2/c1-3-4-7-5-6-8(9-2)10-7;1-3(2,4)5/h7-8H,3-6H2,1-2H3;4-5H,1-2H3.